The molecule has 0 amide bonds. The highest BCUT2D eigenvalue weighted by Gasteiger charge is 2.52. The highest BCUT2D eigenvalue weighted by Crippen LogP contribution is 2.56. The Hall–Kier alpha value is -0.0400. The van der Waals surface area contributed by atoms with Gasteiger partial charge in [0, 0.05) is 6.54 Å². The van der Waals surface area contributed by atoms with Crippen LogP contribution < -0.4 is 5.32 Å². The summed E-state index contributed by atoms with van der Waals surface area (Å²) in [5, 5.41) is 3.57. The Labute approximate surface area is 75.9 Å². The predicted octanol–water partition coefficient (Wildman–Crippen LogP) is 2.42. The highest BCUT2D eigenvalue weighted by atomic mass is 15.0. The number of fused-ring (bicyclic) bond motifs is 1. The van der Waals surface area contributed by atoms with E-state index in [1.807, 2.05) is 0 Å². The van der Waals surface area contributed by atoms with Crippen molar-refractivity contribution in [1.82, 2.24) is 5.32 Å². The summed E-state index contributed by atoms with van der Waals surface area (Å²) in [5.74, 6) is 0.970. The van der Waals surface area contributed by atoms with E-state index in [2.05, 4.69) is 26.1 Å². The van der Waals surface area contributed by atoms with E-state index in [0.29, 0.717) is 10.8 Å². The van der Waals surface area contributed by atoms with E-state index in [9.17, 15) is 0 Å². The van der Waals surface area contributed by atoms with Crippen molar-refractivity contribution >= 4 is 0 Å². The largest absolute Gasteiger partial charge is 0.316 e. The van der Waals surface area contributed by atoms with E-state index < -0.39 is 0 Å². The Morgan fingerprint density at radius 3 is 2.67 bits per heavy atom. The zero-order valence-electron chi connectivity index (χ0n) is 8.61. The maximum Gasteiger partial charge on any atom is 0.00161 e. The Morgan fingerprint density at radius 1 is 1.33 bits per heavy atom. The van der Waals surface area contributed by atoms with Gasteiger partial charge in [-0.1, -0.05) is 27.2 Å². The van der Waals surface area contributed by atoms with Gasteiger partial charge in [-0.05, 0) is 36.1 Å². The minimum atomic E-state index is 0.498. The molecule has 1 aliphatic carbocycles. The lowest BCUT2D eigenvalue weighted by molar-refractivity contribution is 0.0811. The van der Waals surface area contributed by atoms with Crippen LogP contribution in [-0.4, -0.2) is 13.1 Å². The molecule has 2 fully saturated rings. The molecule has 12 heavy (non-hydrogen) atoms. The summed E-state index contributed by atoms with van der Waals surface area (Å²) in [7, 11) is 0. The Bertz CT molecular complexity index is 168. The zero-order chi connectivity index (χ0) is 8.82. The summed E-state index contributed by atoms with van der Waals surface area (Å²) < 4.78 is 0. The van der Waals surface area contributed by atoms with Gasteiger partial charge >= 0.3 is 0 Å². The quantitative estimate of drug-likeness (QED) is 0.584. The molecule has 0 spiro atoms. The first-order chi connectivity index (χ1) is 5.56. The Kier molecular flexibility index (Phi) is 1.76. The fraction of sp³-hybridized carbons (Fsp3) is 1.00. The minimum absolute atomic E-state index is 0.498. The molecule has 1 saturated carbocycles. The molecule has 1 saturated heterocycles. The third-order valence-corrected chi connectivity index (χ3v) is 4.28. The molecule has 2 atom stereocenters. The lowest BCUT2D eigenvalue weighted by atomic mass is 9.62. The van der Waals surface area contributed by atoms with E-state index in [1.165, 1.54) is 32.4 Å². The van der Waals surface area contributed by atoms with Crippen molar-refractivity contribution in [1.29, 1.82) is 0 Å². The minimum Gasteiger partial charge on any atom is -0.316 e. The molecule has 0 aromatic rings. The van der Waals surface area contributed by atoms with Crippen LogP contribution in [0.2, 0.25) is 0 Å². The average Bonchev–Trinajstić information content (AvgIpc) is 2.37. The molecule has 0 bridgehead atoms. The van der Waals surface area contributed by atoms with Gasteiger partial charge in [0.2, 0.25) is 0 Å². The molecule has 2 rings (SSSR count). The predicted molar refractivity (Wildman–Crippen MR) is 52.1 cm³/mol. The number of nitrogens with one attached hydrogen (secondary N) is 1. The van der Waals surface area contributed by atoms with E-state index in [0.717, 1.165) is 5.92 Å². The van der Waals surface area contributed by atoms with Crippen molar-refractivity contribution in [3.63, 3.8) is 0 Å². The average molecular weight is 167 g/mol. The van der Waals surface area contributed by atoms with Crippen LogP contribution in [0.25, 0.3) is 0 Å². The van der Waals surface area contributed by atoms with Crippen molar-refractivity contribution in [2.45, 2.75) is 40.0 Å². The molecule has 1 heterocycles. The smallest absolute Gasteiger partial charge is 0.00161 e. The molecule has 1 heteroatoms. The first-order valence-electron chi connectivity index (χ1n) is 5.27. The highest BCUT2D eigenvalue weighted by molar-refractivity contribution is 5.04. The van der Waals surface area contributed by atoms with Gasteiger partial charge in [0.25, 0.3) is 0 Å². The summed E-state index contributed by atoms with van der Waals surface area (Å²) >= 11 is 0. The molecule has 0 aromatic carbocycles. The van der Waals surface area contributed by atoms with Crippen LogP contribution in [-0.2, 0) is 0 Å². The summed E-state index contributed by atoms with van der Waals surface area (Å²) in [6.45, 7) is 9.79. The van der Waals surface area contributed by atoms with Crippen LogP contribution in [0, 0.1) is 16.7 Å². The normalized spacial score (nSPS) is 41.8. The van der Waals surface area contributed by atoms with Crippen molar-refractivity contribution in [3.8, 4) is 0 Å². The van der Waals surface area contributed by atoms with Crippen LogP contribution in [0.1, 0.15) is 40.0 Å². The van der Waals surface area contributed by atoms with Gasteiger partial charge < -0.3 is 5.32 Å². The van der Waals surface area contributed by atoms with Gasteiger partial charge in [-0.2, -0.15) is 0 Å². The first kappa shape index (κ1) is 8.55. The fourth-order valence-corrected chi connectivity index (χ4v) is 3.40. The van der Waals surface area contributed by atoms with Crippen LogP contribution in [0.4, 0.5) is 0 Å². The third kappa shape index (κ3) is 0.953. The Morgan fingerprint density at radius 2 is 2.08 bits per heavy atom. The van der Waals surface area contributed by atoms with E-state index in [1.54, 1.807) is 0 Å². The summed E-state index contributed by atoms with van der Waals surface area (Å²) in [6.07, 6.45) is 4.38. The van der Waals surface area contributed by atoms with E-state index >= 15 is 0 Å². The molecule has 0 aromatic heterocycles. The molecule has 1 N–H and O–H groups in total. The van der Waals surface area contributed by atoms with E-state index in [4.69, 9.17) is 0 Å². The second-order valence-corrected chi connectivity index (χ2v) is 5.63. The lowest BCUT2D eigenvalue weighted by Crippen LogP contribution is -2.39. The SMILES string of the molecule is CC(C)(C)C12CCCC1CNC2. The second kappa shape index (κ2) is 2.47. The maximum absolute atomic E-state index is 3.57. The number of rotatable bonds is 0. The molecule has 0 radical (unpaired) electrons. The van der Waals surface area contributed by atoms with Gasteiger partial charge in [0.15, 0.2) is 0 Å². The second-order valence-electron chi connectivity index (χ2n) is 5.63. The summed E-state index contributed by atoms with van der Waals surface area (Å²) in [4.78, 5) is 0. The molecular formula is C11H21N. The Balaban J connectivity index is 2.28. The lowest BCUT2D eigenvalue weighted by Gasteiger charge is -2.42. The molecule has 2 aliphatic rings. The molecule has 1 aliphatic heterocycles. The fourth-order valence-electron chi connectivity index (χ4n) is 3.40. The summed E-state index contributed by atoms with van der Waals surface area (Å²) in [5.41, 5.74) is 1.13. The maximum atomic E-state index is 3.57. The molecule has 70 valence electrons. The molecule has 1 nitrogen and oxygen atoms in total. The number of hydrogen-bond acceptors (Lipinski definition) is 1. The van der Waals surface area contributed by atoms with Crippen molar-refractivity contribution in [2.75, 3.05) is 13.1 Å². The number of hydrogen-bond donors (Lipinski definition) is 1. The topological polar surface area (TPSA) is 12.0 Å². The van der Waals surface area contributed by atoms with Gasteiger partial charge in [-0.15, -0.1) is 0 Å². The van der Waals surface area contributed by atoms with Gasteiger partial charge in [-0.25, -0.2) is 0 Å². The molecular weight excluding hydrogens is 146 g/mol. The third-order valence-electron chi connectivity index (χ3n) is 4.28. The van der Waals surface area contributed by atoms with E-state index in [-0.39, 0.29) is 0 Å². The van der Waals surface area contributed by atoms with Crippen LogP contribution in [0.5, 0.6) is 0 Å². The van der Waals surface area contributed by atoms with Crippen LogP contribution in [0.15, 0.2) is 0 Å². The van der Waals surface area contributed by atoms with Crippen molar-refractivity contribution in [2.24, 2.45) is 16.7 Å². The zero-order valence-corrected chi connectivity index (χ0v) is 8.61. The molecule has 2 unspecified atom stereocenters. The van der Waals surface area contributed by atoms with Crippen LogP contribution >= 0.6 is 0 Å². The van der Waals surface area contributed by atoms with Gasteiger partial charge in [0.1, 0.15) is 0 Å². The first-order valence-corrected chi connectivity index (χ1v) is 5.27. The summed E-state index contributed by atoms with van der Waals surface area (Å²) in [6, 6.07) is 0. The van der Waals surface area contributed by atoms with Crippen molar-refractivity contribution in [3.05, 3.63) is 0 Å². The standard InChI is InChI=1S/C11H21N/c1-10(2,3)11-6-4-5-9(11)7-12-8-11/h9,12H,4-8H2,1-3H3. The van der Waals surface area contributed by atoms with Gasteiger partial charge in [-0.3, -0.25) is 0 Å². The monoisotopic (exact) mass is 167 g/mol. The van der Waals surface area contributed by atoms with Crippen molar-refractivity contribution < 1.29 is 0 Å². The van der Waals surface area contributed by atoms with Gasteiger partial charge in [0.05, 0.1) is 0 Å². The van der Waals surface area contributed by atoms with Crippen LogP contribution in [0.3, 0.4) is 0 Å².